The molecule has 0 radical (unpaired) electrons. The highest BCUT2D eigenvalue weighted by Gasteiger charge is 2.30. The molecule has 0 rings (SSSR count). The minimum absolute atomic E-state index is 0.0328. The number of amides is 1. The van der Waals surface area contributed by atoms with Gasteiger partial charge in [0, 0.05) is 12.8 Å². The van der Waals surface area contributed by atoms with E-state index in [1.54, 1.807) is 0 Å². The summed E-state index contributed by atoms with van der Waals surface area (Å²) in [6.45, 7) is 6.91. The first-order chi connectivity index (χ1) is 41.4. The number of carbonyl (C=O) groups is 2. The number of likely N-dealkylation sites (N-methyl/N-ethyl adjacent to an activating group) is 1. The van der Waals surface area contributed by atoms with Crippen LogP contribution < -0.4 is 5.32 Å². The Balaban J connectivity index is 5.09. The van der Waals surface area contributed by atoms with Crippen molar-refractivity contribution in [1.82, 2.24) is 5.32 Å². The molecule has 85 heavy (non-hydrogen) atoms. The van der Waals surface area contributed by atoms with Gasteiger partial charge in [-0.25, -0.2) is 4.57 Å². The lowest BCUT2D eigenvalue weighted by atomic mass is 10.0. The van der Waals surface area contributed by atoms with Gasteiger partial charge in [0.25, 0.3) is 0 Å². The zero-order valence-corrected chi connectivity index (χ0v) is 57.5. The normalized spacial score (nSPS) is 14.0. The van der Waals surface area contributed by atoms with Crippen LogP contribution in [0.4, 0.5) is 0 Å². The quantitative estimate of drug-likeness (QED) is 0.0205. The lowest BCUT2D eigenvalue weighted by molar-refractivity contribution is -0.870. The lowest BCUT2D eigenvalue weighted by Crippen LogP contribution is -2.47. The van der Waals surface area contributed by atoms with E-state index in [0.717, 1.165) is 89.9 Å². The van der Waals surface area contributed by atoms with E-state index in [9.17, 15) is 19.0 Å². The van der Waals surface area contributed by atoms with E-state index in [1.807, 2.05) is 33.3 Å². The van der Waals surface area contributed by atoms with Gasteiger partial charge in [0.2, 0.25) is 5.91 Å². The molecule has 9 nitrogen and oxygen atoms in total. The van der Waals surface area contributed by atoms with Crippen molar-refractivity contribution < 1.29 is 37.3 Å². The van der Waals surface area contributed by atoms with Crippen LogP contribution >= 0.6 is 7.82 Å². The number of quaternary nitrogens is 1. The van der Waals surface area contributed by atoms with Gasteiger partial charge < -0.3 is 19.4 Å². The molecular formula is C75H138N2O7P+. The molecule has 0 spiro atoms. The molecule has 0 aromatic carbocycles. The summed E-state index contributed by atoms with van der Waals surface area (Å²) in [6.07, 6.45) is 86.0. The zero-order valence-electron chi connectivity index (χ0n) is 56.6. The molecule has 10 heteroatoms. The first kappa shape index (κ1) is 82.2. The molecule has 0 heterocycles. The fraction of sp³-hybridized carbons (Fsp3) is 0.787. The van der Waals surface area contributed by atoms with E-state index in [0.29, 0.717) is 23.9 Å². The van der Waals surface area contributed by atoms with Crippen LogP contribution in [0.15, 0.2) is 85.1 Å². The molecule has 0 fully saturated rings. The molecular weight excluding hydrogens is 1070 g/mol. The summed E-state index contributed by atoms with van der Waals surface area (Å²) in [7, 11) is 1.48. The highest BCUT2D eigenvalue weighted by atomic mass is 31.2. The van der Waals surface area contributed by atoms with Crippen LogP contribution in [-0.4, -0.2) is 74.3 Å². The molecule has 0 aromatic heterocycles. The molecule has 2 N–H and O–H groups in total. The van der Waals surface area contributed by atoms with E-state index in [1.165, 1.54) is 199 Å². The summed E-state index contributed by atoms with van der Waals surface area (Å²) in [5, 5.41) is 3.07. The number of phosphoric acid groups is 1. The highest BCUT2D eigenvalue weighted by molar-refractivity contribution is 7.47. The number of ether oxygens (including phenoxy) is 1. The molecule has 0 saturated heterocycles. The average molecular weight is 1210 g/mol. The molecule has 0 aromatic rings. The number of rotatable bonds is 65. The fourth-order valence-electron chi connectivity index (χ4n) is 10.3. The number of allylic oxidation sites excluding steroid dienone is 13. The molecule has 0 aliphatic carbocycles. The van der Waals surface area contributed by atoms with Gasteiger partial charge in [0.05, 0.1) is 33.8 Å². The Kier molecular flexibility index (Phi) is 62.1. The SMILES string of the molecule is CC/C=C\C/C=C\C/C=C\C/C=C\C/C=C\CCCCCC(=O)OC(/C=C\CCCCCCCCCCCCC)C(COP(=O)(O)OCC[N+](C)(C)C)NC(=O)CCCCCCCCCCCCCCCCCCC/C=C/CCCCCCCC. The lowest BCUT2D eigenvalue weighted by Gasteiger charge is -2.27. The van der Waals surface area contributed by atoms with E-state index in [2.05, 4.69) is 99.0 Å². The van der Waals surface area contributed by atoms with Gasteiger partial charge in [-0.05, 0) is 102 Å². The van der Waals surface area contributed by atoms with Crippen molar-refractivity contribution in [2.75, 3.05) is 40.9 Å². The smallest absolute Gasteiger partial charge is 0.456 e. The first-order valence-corrected chi connectivity index (χ1v) is 37.4. The average Bonchev–Trinajstić information content (AvgIpc) is 3.50. The summed E-state index contributed by atoms with van der Waals surface area (Å²) < 4.78 is 30.8. The van der Waals surface area contributed by atoms with Crippen molar-refractivity contribution in [3.8, 4) is 0 Å². The number of esters is 1. The monoisotopic (exact) mass is 1210 g/mol. The van der Waals surface area contributed by atoms with E-state index >= 15 is 0 Å². The molecule has 3 unspecified atom stereocenters. The van der Waals surface area contributed by atoms with Gasteiger partial charge in [0.1, 0.15) is 19.3 Å². The van der Waals surface area contributed by atoms with Crippen LogP contribution in [0.3, 0.4) is 0 Å². The van der Waals surface area contributed by atoms with Crippen molar-refractivity contribution >= 4 is 19.7 Å². The summed E-state index contributed by atoms with van der Waals surface area (Å²) in [4.78, 5) is 37.9. The van der Waals surface area contributed by atoms with Crippen LogP contribution in [0, 0.1) is 0 Å². The Morgan fingerprint density at radius 2 is 0.753 bits per heavy atom. The van der Waals surface area contributed by atoms with E-state index in [4.69, 9.17) is 13.8 Å². The molecule has 0 bridgehead atoms. The van der Waals surface area contributed by atoms with Crippen LogP contribution in [0.1, 0.15) is 329 Å². The minimum Gasteiger partial charge on any atom is -0.456 e. The van der Waals surface area contributed by atoms with Crippen molar-refractivity contribution in [2.45, 2.75) is 341 Å². The van der Waals surface area contributed by atoms with Gasteiger partial charge in [-0.15, -0.1) is 0 Å². The maximum Gasteiger partial charge on any atom is 0.472 e. The van der Waals surface area contributed by atoms with Crippen molar-refractivity contribution in [2.24, 2.45) is 0 Å². The van der Waals surface area contributed by atoms with Crippen molar-refractivity contribution in [3.63, 3.8) is 0 Å². The van der Waals surface area contributed by atoms with Crippen molar-refractivity contribution in [3.05, 3.63) is 85.1 Å². The summed E-state index contributed by atoms with van der Waals surface area (Å²) >= 11 is 0. The number of phosphoric ester groups is 1. The maximum absolute atomic E-state index is 13.6. The Hall–Kier alpha value is -2.81. The van der Waals surface area contributed by atoms with Crippen molar-refractivity contribution in [1.29, 1.82) is 0 Å². The van der Waals surface area contributed by atoms with Crippen LogP contribution in [0.5, 0.6) is 0 Å². The van der Waals surface area contributed by atoms with Gasteiger partial charge >= 0.3 is 13.8 Å². The predicted molar refractivity (Wildman–Crippen MR) is 369 cm³/mol. The largest absolute Gasteiger partial charge is 0.472 e. The molecule has 494 valence electrons. The summed E-state index contributed by atoms with van der Waals surface area (Å²) in [5.41, 5.74) is 0. The number of carbonyl (C=O) groups excluding carboxylic acids is 2. The molecule has 3 atom stereocenters. The summed E-state index contributed by atoms with van der Waals surface area (Å²) in [6, 6.07) is -0.866. The topological polar surface area (TPSA) is 111 Å². The number of nitrogens with zero attached hydrogens (tertiary/aromatic N) is 1. The minimum atomic E-state index is -4.47. The first-order valence-electron chi connectivity index (χ1n) is 35.9. The molecule has 1 amide bonds. The van der Waals surface area contributed by atoms with E-state index in [-0.39, 0.29) is 31.5 Å². The fourth-order valence-corrected chi connectivity index (χ4v) is 11.1. The molecule has 0 aliphatic rings. The van der Waals surface area contributed by atoms with Gasteiger partial charge in [-0.2, -0.15) is 0 Å². The second-order valence-corrected chi connectivity index (χ2v) is 26.8. The molecule has 0 aliphatic heterocycles. The Labute approximate surface area is 526 Å². The van der Waals surface area contributed by atoms with E-state index < -0.39 is 20.0 Å². The predicted octanol–water partition coefficient (Wildman–Crippen LogP) is 22.9. The highest BCUT2D eigenvalue weighted by Crippen LogP contribution is 2.43. The number of unbranched alkanes of at least 4 members (excludes halogenated alkanes) is 37. The Bertz CT molecular complexity index is 1730. The Morgan fingerprint density at radius 3 is 1.15 bits per heavy atom. The number of hydrogen-bond donors (Lipinski definition) is 2. The third kappa shape index (κ3) is 65.5. The summed E-state index contributed by atoms with van der Waals surface area (Å²) in [5.74, 6) is -0.534. The van der Waals surface area contributed by atoms with Gasteiger partial charge in [-0.1, -0.05) is 299 Å². The standard InChI is InChI=1S/C75H137N2O7P/c1-7-10-13-16-19-22-25-28-30-32-34-35-36-37-38-39-40-41-43-44-46-49-52-55-58-61-64-67-74(78)76-72(71-83-85(80,81)82-70-69-77(4,5)6)73(66-63-60-57-54-51-48-27-24-21-18-15-12-9-3)84-75(79)68-65-62-59-56-53-50-47-45-42-33-31-29-26-23-20-17-14-11-8-2/h11,14,20,23,28-31,42,45,50,53,63,66,72-73H,7-10,12-13,15-19,21-22,24-27,32-41,43-44,46-49,51-52,54-62,64-65,67-71H2,1-6H3,(H-,76,78,80,81)/p+1/b14-11-,23-20-,30-28+,31-29-,45-42-,53-50-,66-63-. The van der Waals surface area contributed by atoms with Crippen LogP contribution in [0.2, 0.25) is 0 Å². The molecule has 0 saturated carbocycles. The third-order valence-corrected chi connectivity index (χ3v) is 16.8. The second kappa shape index (κ2) is 64.2. The number of hydrogen-bond acceptors (Lipinski definition) is 6. The third-order valence-electron chi connectivity index (χ3n) is 15.8. The zero-order chi connectivity index (χ0) is 62.1. The Morgan fingerprint density at radius 1 is 0.424 bits per heavy atom. The van der Waals surface area contributed by atoms with Gasteiger partial charge in [-0.3, -0.25) is 18.6 Å². The number of nitrogens with one attached hydrogen (secondary N) is 1. The van der Waals surface area contributed by atoms with Crippen LogP contribution in [0.25, 0.3) is 0 Å². The van der Waals surface area contributed by atoms with Gasteiger partial charge in [0.15, 0.2) is 0 Å². The second-order valence-electron chi connectivity index (χ2n) is 25.4. The van der Waals surface area contributed by atoms with Crippen LogP contribution in [-0.2, 0) is 27.9 Å². The maximum atomic E-state index is 13.6.